The lowest BCUT2D eigenvalue weighted by Gasteiger charge is -2.16. The standard InChI is InChI=1S/C18H25N5O3/c1-11-9-12(2)20-18(19-11)23-14(4)15(13(3)21-23)10-16(24)22(5)8-6-7-17(25)26/h9H,6-8,10H2,1-5H3,(H,25,26). The maximum atomic E-state index is 12.5. The molecule has 2 rings (SSSR count). The molecule has 1 N–H and O–H groups in total. The molecule has 2 aromatic rings. The van der Waals surface area contributed by atoms with E-state index in [1.54, 1.807) is 16.6 Å². The minimum Gasteiger partial charge on any atom is -0.481 e. The highest BCUT2D eigenvalue weighted by Gasteiger charge is 2.19. The molecule has 0 aliphatic rings. The van der Waals surface area contributed by atoms with Crippen LogP contribution in [-0.2, 0) is 16.0 Å². The fourth-order valence-corrected chi connectivity index (χ4v) is 2.81. The van der Waals surface area contributed by atoms with Gasteiger partial charge in [0.1, 0.15) is 0 Å². The number of likely N-dealkylation sites (N-methyl/N-ethyl adjacent to an activating group) is 1. The second-order valence-corrected chi connectivity index (χ2v) is 6.50. The minimum atomic E-state index is -0.854. The zero-order valence-corrected chi connectivity index (χ0v) is 15.9. The van der Waals surface area contributed by atoms with Crippen molar-refractivity contribution in [3.63, 3.8) is 0 Å². The fraction of sp³-hybridized carbons (Fsp3) is 0.500. The Kier molecular flexibility index (Phi) is 6.07. The van der Waals surface area contributed by atoms with E-state index in [0.29, 0.717) is 18.9 Å². The van der Waals surface area contributed by atoms with Gasteiger partial charge in [0.05, 0.1) is 12.1 Å². The Hall–Kier alpha value is -2.77. The van der Waals surface area contributed by atoms with E-state index in [2.05, 4.69) is 15.1 Å². The lowest BCUT2D eigenvalue weighted by Crippen LogP contribution is -2.29. The van der Waals surface area contributed by atoms with E-state index in [9.17, 15) is 9.59 Å². The van der Waals surface area contributed by atoms with Gasteiger partial charge in [-0.05, 0) is 40.2 Å². The molecule has 0 aliphatic carbocycles. The Morgan fingerprint density at radius 1 is 1.15 bits per heavy atom. The Bertz CT molecular complexity index is 808. The summed E-state index contributed by atoms with van der Waals surface area (Å²) in [7, 11) is 1.69. The maximum Gasteiger partial charge on any atom is 0.303 e. The summed E-state index contributed by atoms with van der Waals surface area (Å²) in [5, 5.41) is 13.2. The van der Waals surface area contributed by atoms with Gasteiger partial charge in [-0.15, -0.1) is 0 Å². The molecule has 140 valence electrons. The lowest BCUT2D eigenvalue weighted by molar-refractivity contribution is -0.138. The van der Waals surface area contributed by atoms with Gasteiger partial charge in [-0.2, -0.15) is 5.10 Å². The van der Waals surface area contributed by atoms with Crippen molar-refractivity contribution in [3.8, 4) is 5.95 Å². The van der Waals surface area contributed by atoms with Crippen molar-refractivity contribution >= 4 is 11.9 Å². The van der Waals surface area contributed by atoms with Crippen LogP contribution in [0.2, 0.25) is 0 Å². The zero-order chi connectivity index (χ0) is 19.4. The molecule has 8 nitrogen and oxygen atoms in total. The summed E-state index contributed by atoms with van der Waals surface area (Å²) >= 11 is 0. The topological polar surface area (TPSA) is 101 Å². The highest BCUT2D eigenvalue weighted by Crippen LogP contribution is 2.18. The van der Waals surface area contributed by atoms with Crippen LogP contribution in [0.4, 0.5) is 0 Å². The van der Waals surface area contributed by atoms with Crippen LogP contribution in [-0.4, -0.2) is 55.2 Å². The molecular formula is C18H25N5O3. The molecule has 8 heteroatoms. The first-order chi connectivity index (χ1) is 12.2. The average Bonchev–Trinajstić information content (AvgIpc) is 2.81. The predicted octanol–water partition coefficient (Wildman–Crippen LogP) is 1.76. The van der Waals surface area contributed by atoms with Crippen LogP contribution < -0.4 is 0 Å². The van der Waals surface area contributed by atoms with E-state index < -0.39 is 5.97 Å². The smallest absolute Gasteiger partial charge is 0.303 e. The Balaban J connectivity index is 2.17. The third kappa shape index (κ3) is 4.65. The largest absolute Gasteiger partial charge is 0.481 e. The highest BCUT2D eigenvalue weighted by molar-refractivity contribution is 5.79. The van der Waals surface area contributed by atoms with Crippen LogP contribution in [0.3, 0.4) is 0 Å². The van der Waals surface area contributed by atoms with Crippen LogP contribution in [0, 0.1) is 27.7 Å². The summed E-state index contributed by atoms with van der Waals surface area (Å²) in [5.41, 5.74) is 4.16. The number of nitrogens with zero attached hydrogens (tertiary/aromatic N) is 5. The first kappa shape index (κ1) is 19.6. The van der Waals surface area contributed by atoms with E-state index in [4.69, 9.17) is 5.11 Å². The first-order valence-corrected chi connectivity index (χ1v) is 8.52. The Labute approximate surface area is 152 Å². The number of hydrogen-bond acceptors (Lipinski definition) is 5. The molecule has 0 fully saturated rings. The number of carboxylic acids is 1. The van der Waals surface area contributed by atoms with Gasteiger partial charge in [-0.25, -0.2) is 14.6 Å². The van der Waals surface area contributed by atoms with Gasteiger partial charge < -0.3 is 10.0 Å². The molecule has 0 aliphatic heterocycles. The van der Waals surface area contributed by atoms with Crippen LogP contribution in [0.25, 0.3) is 5.95 Å². The Morgan fingerprint density at radius 2 is 1.77 bits per heavy atom. The quantitative estimate of drug-likeness (QED) is 0.808. The number of rotatable bonds is 7. The fourth-order valence-electron chi connectivity index (χ4n) is 2.81. The molecule has 0 spiro atoms. The van der Waals surface area contributed by atoms with E-state index >= 15 is 0 Å². The molecule has 0 saturated carbocycles. The van der Waals surface area contributed by atoms with Crippen LogP contribution in [0.5, 0.6) is 0 Å². The van der Waals surface area contributed by atoms with E-state index in [1.807, 2.05) is 33.8 Å². The van der Waals surface area contributed by atoms with Crippen molar-refractivity contribution in [1.29, 1.82) is 0 Å². The second-order valence-electron chi connectivity index (χ2n) is 6.50. The molecule has 0 bridgehead atoms. The van der Waals surface area contributed by atoms with Gasteiger partial charge in [0.15, 0.2) is 0 Å². The van der Waals surface area contributed by atoms with Gasteiger partial charge in [0, 0.05) is 42.7 Å². The molecule has 2 heterocycles. The van der Waals surface area contributed by atoms with Gasteiger partial charge in [0.25, 0.3) is 5.95 Å². The summed E-state index contributed by atoms with van der Waals surface area (Å²) in [6.07, 6.45) is 0.703. The molecule has 1 amide bonds. The summed E-state index contributed by atoms with van der Waals surface area (Å²) in [6.45, 7) is 7.98. The van der Waals surface area contributed by atoms with Gasteiger partial charge >= 0.3 is 5.97 Å². The van der Waals surface area contributed by atoms with Crippen molar-refractivity contribution < 1.29 is 14.7 Å². The SMILES string of the molecule is Cc1cc(C)nc(-n2nc(C)c(CC(=O)N(C)CCCC(=O)O)c2C)n1. The highest BCUT2D eigenvalue weighted by atomic mass is 16.4. The molecular weight excluding hydrogens is 334 g/mol. The van der Waals surface area contributed by atoms with Crippen molar-refractivity contribution in [2.45, 2.75) is 47.0 Å². The maximum absolute atomic E-state index is 12.5. The molecule has 0 unspecified atom stereocenters. The lowest BCUT2D eigenvalue weighted by atomic mass is 10.1. The average molecular weight is 359 g/mol. The Morgan fingerprint density at radius 3 is 2.35 bits per heavy atom. The van der Waals surface area contributed by atoms with Crippen molar-refractivity contribution in [2.75, 3.05) is 13.6 Å². The van der Waals surface area contributed by atoms with Gasteiger partial charge in [-0.1, -0.05) is 0 Å². The molecule has 0 radical (unpaired) electrons. The molecule has 0 saturated heterocycles. The summed E-state index contributed by atoms with van der Waals surface area (Å²) in [5.74, 6) is -0.425. The first-order valence-electron chi connectivity index (χ1n) is 8.52. The monoisotopic (exact) mass is 359 g/mol. The predicted molar refractivity (Wildman–Crippen MR) is 96.3 cm³/mol. The third-order valence-electron chi connectivity index (χ3n) is 4.24. The number of carboxylic acid groups (broad SMARTS) is 1. The second kappa shape index (κ2) is 8.07. The van der Waals surface area contributed by atoms with Crippen molar-refractivity contribution in [2.24, 2.45) is 0 Å². The van der Waals surface area contributed by atoms with Crippen molar-refractivity contribution in [3.05, 3.63) is 34.4 Å². The normalized spacial score (nSPS) is 10.8. The number of carbonyl (C=O) groups is 2. The third-order valence-corrected chi connectivity index (χ3v) is 4.24. The van der Waals surface area contributed by atoms with Gasteiger partial charge in [-0.3, -0.25) is 9.59 Å². The van der Waals surface area contributed by atoms with Crippen molar-refractivity contribution in [1.82, 2.24) is 24.6 Å². The summed E-state index contributed by atoms with van der Waals surface area (Å²) < 4.78 is 1.67. The summed E-state index contributed by atoms with van der Waals surface area (Å²) in [4.78, 5) is 33.5. The van der Waals surface area contributed by atoms with Crippen LogP contribution in [0.15, 0.2) is 6.07 Å². The van der Waals surface area contributed by atoms with E-state index in [1.165, 1.54) is 0 Å². The molecule has 26 heavy (non-hydrogen) atoms. The van der Waals surface area contributed by atoms with Crippen LogP contribution in [0.1, 0.15) is 41.2 Å². The molecule has 0 atom stereocenters. The number of aliphatic carboxylic acids is 1. The number of hydrogen-bond donors (Lipinski definition) is 1. The van der Waals surface area contributed by atoms with E-state index in [-0.39, 0.29) is 18.7 Å². The number of amides is 1. The molecule has 2 aromatic heterocycles. The van der Waals surface area contributed by atoms with E-state index in [0.717, 1.165) is 28.3 Å². The number of carbonyl (C=O) groups excluding carboxylic acids is 1. The number of aryl methyl sites for hydroxylation is 3. The number of aromatic nitrogens is 4. The summed E-state index contributed by atoms with van der Waals surface area (Å²) in [6, 6.07) is 1.89. The minimum absolute atomic E-state index is 0.0532. The van der Waals surface area contributed by atoms with Gasteiger partial charge in [0.2, 0.25) is 5.91 Å². The zero-order valence-electron chi connectivity index (χ0n) is 15.9. The van der Waals surface area contributed by atoms with Crippen LogP contribution >= 0.6 is 0 Å². The molecule has 0 aromatic carbocycles.